The van der Waals surface area contributed by atoms with Crippen molar-refractivity contribution < 1.29 is 17.6 Å². The molecule has 0 saturated carbocycles. The quantitative estimate of drug-likeness (QED) is 0.873. The standard InChI is InChI=1S/C12H15ClFNO3S/c1-12(2,3)11(16)7-5-10(15-19(4,17)18)8(13)6-9(7)14/h5-6,15H,1-4H3. The minimum Gasteiger partial charge on any atom is -0.293 e. The van der Waals surface area contributed by atoms with Gasteiger partial charge < -0.3 is 0 Å². The van der Waals surface area contributed by atoms with Crippen LogP contribution in [-0.2, 0) is 10.0 Å². The van der Waals surface area contributed by atoms with Gasteiger partial charge in [-0.05, 0) is 12.1 Å². The van der Waals surface area contributed by atoms with Crippen LogP contribution in [0.1, 0.15) is 31.1 Å². The molecule has 0 unspecified atom stereocenters. The van der Waals surface area contributed by atoms with Gasteiger partial charge in [-0.3, -0.25) is 9.52 Å². The minimum atomic E-state index is -3.56. The van der Waals surface area contributed by atoms with Gasteiger partial charge in [0.1, 0.15) is 5.82 Å². The SMILES string of the molecule is CC(C)(C)C(=O)c1cc(NS(C)(=O)=O)c(Cl)cc1F. The molecule has 1 rings (SSSR count). The van der Waals surface area contributed by atoms with Crippen molar-refractivity contribution in [3.8, 4) is 0 Å². The zero-order valence-corrected chi connectivity index (χ0v) is 12.6. The smallest absolute Gasteiger partial charge is 0.229 e. The molecular weight excluding hydrogens is 293 g/mol. The summed E-state index contributed by atoms with van der Waals surface area (Å²) in [7, 11) is -3.56. The van der Waals surface area contributed by atoms with Crippen molar-refractivity contribution in [1.29, 1.82) is 0 Å². The van der Waals surface area contributed by atoms with E-state index in [9.17, 15) is 17.6 Å². The number of halogens is 2. The average molecular weight is 308 g/mol. The van der Waals surface area contributed by atoms with E-state index in [4.69, 9.17) is 11.6 Å². The number of ketones is 1. The molecule has 4 nitrogen and oxygen atoms in total. The molecule has 0 amide bonds. The molecule has 0 heterocycles. The van der Waals surface area contributed by atoms with E-state index < -0.39 is 27.0 Å². The molecule has 1 N–H and O–H groups in total. The third-order valence-corrected chi connectivity index (χ3v) is 3.18. The maximum absolute atomic E-state index is 13.8. The van der Waals surface area contributed by atoms with Gasteiger partial charge in [0, 0.05) is 5.41 Å². The molecule has 0 bridgehead atoms. The Morgan fingerprint density at radius 1 is 1.32 bits per heavy atom. The number of benzene rings is 1. The van der Waals surface area contributed by atoms with Crippen molar-refractivity contribution in [1.82, 2.24) is 0 Å². The van der Waals surface area contributed by atoms with Gasteiger partial charge in [0.25, 0.3) is 0 Å². The lowest BCUT2D eigenvalue weighted by Crippen LogP contribution is -2.22. The van der Waals surface area contributed by atoms with Crippen LogP contribution < -0.4 is 4.72 Å². The maximum Gasteiger partial charge on any atom is 0.229 e. The van der Waals surface area contributed by atoms with Gasteiger partial charge in [0.15, 0.2) is 5.78 Å². The molecule has 0 aliphatic carbocycles. The number of carbonyl (C=O) groups is 1. The summed E-state index contributed by atoms with van der Waals surface area (Å²) >= 11 is 5.75. The van der Waals surface area contributed by atoms with Crippen molar-refractivity contribution in [3.05, 3.63) is 28.5 Å². The van der Waals surface area contributed by atoms with E-state index in [0.717, 1.165) is 18.4 Å². The number of anilines is 1. The predicted octanol–water partition coefficient (Wildman–Crippen LogP) is 3.08. The molecule has 0 aliphatic heterocycles. The Balaban J connectivity index is 3.36. The summed E-state index contributed by atoms with van der Waals surface area (Å²) in [6, 6.07) is 2.04. The summed E-state index contributed by atoms with van der Waals surface area (Å²) in [5, 5.41) is -0.103. The Kier molecular flexibility index (Phi) is 4.27. The fraction of sp³-hybridized carbons (Fsp3) is 0.417. The first-order chi connectivity index (χ1) is 8.42. The van der Waals surface area contributed by atoms with Gasteiger partial charge in [0.2, 0.25) is 10.0 Å². The maximum atomic E-state index is 13.8. The summed E-state index contributed by atoms with van der Waals surface area (Å²) < 4.78 is 38.2. The zero-order valence-electron chi connectivity index (χ0n) is 11.0. The lowest BCUT2D eigenvalue weighted by atomic mass is 9.86. The highest BCUT2D eigenvalue weighted by Gasteiger charge is 2.26. The largest absolute Gasteiger partial charge is 0.293 e. The number of hydrogen-bond acceptors (Lipinski definition) is 3. The van der Waals surface area contributed by atoms with Gasteiger partial charge in [-0.15, -0.1) is 0 Å². The van der Waals surface area contributed by atoms with E-state index in [1.54, 1.807) is 20.8 Å². The van der Waals surface area contributed by atoms with Gasteiger partial charge in [-0.25, -0.2) is 12.8 Å². The first-order valence-corrected chi connectivity index (χ1v) is 7.70. The second-order valence-electron chi connectivity index (χ2n) is 5.27. The van der Waals surface area contributed by atoms with Gasteiger partial charge in [-0.1, -0.05) is 32.4 Å². The lowest BCUT2D eigenvalue weighted by molar-refractivity contribution is 0.0854. The molecule has 0 saturated heterocycles. The summed E-state index contributed by atoms with van der Waals surface area (Å²) in [6.45, 7) is 4.94. The number of carbonyl (C=O) groups excluding carboxylic acids is 1. The fourth-order valence-corrected chi connectivity index (χ4v) is 2.23. The Morgan fingerprint density at radius 3 is 2.26 bits per heavy atom. The molecule has 0 spiro atoms. The van der Waals surface area contributed by atoms with Crippen molar-refractivity contribution in [2.24, 2.45) is 5.41 Å². The minimum absolute atomic E-state index is 0.0156. The number of nitrogens with one attached hydrogen (secondary N) is 1. The molecule has 19 heavy (non-hydrogen) atoms. The van der Waals surface area contributed by atoms with Crippen LogP contribution in [0.4, 0.5) is 10.1 Å². The van der Waals surface area contributed by atoms with Crippen molar-refractivity contribution in [3.63, 3.8) is 0 Å². The summed E-state index contributed by atoms with van der Waals surface area (Å²) in [5.41, 5.74) is -0.988. The molecule has 1 aromatic carbocycles. The van der Waals surface area contributed by atoms with E-state index in [2.05, 4.69) is 4.72 Å². The van der Waals surface area contributed by atoms with Crippen molar-refractivity contribution in [2.75, 3.05) is 11.0 Å². The lowest BCUT2D eigenvalue weighted by Gasteiger charge is -2.18. The third-order valence-electron chi connectivity index (χ3n) is 2.28. The van der Waals surface area contributed by atoms with Crippen LogP contribution in [0.15, 0.2) is 12.1 Å². The van der Waals surface area contributed by atoms with E-state index in [-0.39, 0.29) is 16.3 Å². The van der Waals surface area contributed by atoms with Crippen LogP contribution in [0.2, 0.25) is 5.02 Å². The number of sulfonamides is 1. The molecule has 106 valence electrons. The van der Waals surface area contributed by atoms with Gasteiger partial charge in [0.05, 0.1) is 22.5 Å². The average Bonchev–Trinajstić information content (AvgIpc) is 2.18. The zero-order chi connectivity index (χ0) is 15.0. The Hall–Kier alpha value is -1.14. The normalized spacial score (nSPS) is 12.3. The first-order valence-electron chi connectivity index (χ1n) is 5.43. The Labute approximate surface area is 117 Å². The van der Waals surface area contributed by atoms with E-state index in [1.807, 2.05) is 0 Å². The van der Waals surface area contributed by atoms with E-state index in [1.165, 1.54) is 0 Å². The molecular formula is C12H15ClFNO3S. The van der Waals surface area contributed by atoms with E-state index in [0.29, 0.717) is 0 Å². The summed E-state index contributed by atoms with van der Waals surface area (Å²) in [5.74, 6) is -1.21. The summed E-state index contributed by atoms with van der Waals surface area (Å²) in [4.78, 5) is 12.1. The van der Waals surface area contributed by atoms with Crippen LogP contribution in [0.3, 0.4) is 0 Å². The third kappa shape index (κ3) is 4.18. The van der Waals surface area contributed by atoms with Crippen LogP contribution in [0.5, 0.6) is 0 Å². The van der Waals surface area contributed by atoms with Crippen LogP contribution in [0, 0.1) is 11.2 Å². The van der Waals surface area contributed by atoms with Crippen molar-refractivity contribution in [2.45, 2.75) is 20.8 Å². The second kappa shape index (κ2) is 5.09. The monoisotopic (exact) mass is 307 g/mol. The molecule has 0 fully saturated rings. The van der Waals surface area contributed by atoms with E-state index >= 15 is 0 Å². The molecule has 0 radical (unpaired) electrons. The molecule has 1 aromatic rings. The van der Waals surface area contributed by atoms with Crippen LogP contribution in [-0.4, -0.2) is 20.5 Å². The fourth-order valence-electron chi connectivity index (χ4n) is 1.40. The number of hydrogen-bond donors (Lipinski definition) is 1. The number of rotatable bonds is 3. The Morgan fingerprint density at radius 2 is 1.84 bits per heavy atom. The molecule has 7 heteroatoms. The van der Waals surface area contributed by atoms with Crippen molar-refractivity contribution >= 4 is 33.1 Å². The molecule has 0 atom stereocenters. The van der Waals surface area contributed by atoms with Crippen LogP contribution >= 0.6 is 11.6 Å². The first kappa shape index (κ1) is 15.9. The van der Waals surface area contributed by atoms with Gasteiger partial charge >= 0.3 is 0 Å². The number of Topliss-reactive ketones (excluding diaryl/α,β-unsaturated/α-hetero) is 1. The molecule has 0 aromatic heterocycles. The topological polar surface area (TPSA) is 63.2 Å². The highest BCUT2D eigenvalue weighted by Crippen LogP contribution is 2.30. The highest BCUT2D eigenvalue weighted by atomic mass is 35.5. The molecule has 0 aliphatic rings. The highest BCUT2D eigenvalue weighted by molar-refractivity contribution is 7.92. The van der Waals surface area contributed by atoms with Gasteiger partial charge in [-0.2, -0.15) is 0 Å². The van der Waals surface area contributed by atoms with Crippen LogP contribution in [0.25, 0.3) is 0 Å². The second-order valence-corrected chi connectivity index (χ2v) is 7.42. The summed E-state index contributed by atoms with van der Waals surface area (Å²) in [6.07, 6.45) is 0.942. The Bertz CT molecular complexity index is 621. The predicted molar refractivity (Wildman–Crippen MR) is 73.7 cm³/mol.